The molecule has 0 bridgehead atoms. The predicted octanol–water partition coefficient (Wildman–Crippen LogP) is 14.8. The summed E-state index contributed by atoms with van der Waals surface area (Å²) in [5.41, 5.74) is 16.0. The third kappa shape index (κ3) is 5.24. The van der Waals surface area contributed by atoms with E-state index >= 15 is 0 Å². The molecular formula is C53H39N. The normalized spacial score (nSPS) is 12.8. The van der Waals surface area contributed by atoms with Crippen LogP contribution in [0.4, 0.5) is 17.1 Å². The van der Waals surface area contributed by atoms with Gasteiger partial charge in [-0.25, -0.2) is 0 Å². The number of anilines is 3. The minimum atomic E-state index is -0.173. The van der Waals surface area contributed by atoms with Gasteiger partial charge >= 0.3 is 0 Å². The average molecular weight is 690 g/mol. The molecule has 0 aliphatic heterocycles. The van der Waals surface area contributed by atoms with E-state index in [9.17, 15) is 0 Å². The molecular weight excluding hydrogens is 651 g/mol. The smallest absolute Gasteiger partial charge is 0.0468 e. The first-order chi connectivity index (χ1) is 26.5. The highest BCUT2D eigenvalue weighted by molar-refractivity contribution is 6.10. The van der Waals surface area contributed by atoms with Gasteiger partial charge in [0.15, 0.2) is 0 Å². The summed E-state index contributed by atoms with van der Waals surface area (Å²) in [6, 6.07) is 73.3. The molecule has 9 aromatic carbocycles. The van der Waals surface area contributed by atoms with Gasteiger partial charge in [0.25, 0.3) is 0 Å². The molecule has 0 aromatic heterocycles. The Morgan fingerprint density at radius 3 is 1.59 bits per heavy atom. The second-order valence-corrected chi connectivity index (χ2v) is 14.9. The molecule has 1 nitrogen and oxygen atoms in total. The van der Waals surface area contributed by atoms with Crippen LogP contribution in [0.15, 0.2) is 200 Å². The Bertz CT molecular complexity index is 2810. The molecule has 0 radical (unpaired) electrons. The first-order valence-corrected chi connectivity index (χ1v) is 18.8. The van der Waals surface area contributed by atoms with Gasteiger partial charge in [-0.2, -0.15) is 0 Å². The van der Waals surface area contributed by atoms with Crippen LogP contribution in [0, 0.1) is 0 Å². The number of benzene rings is 9. The van der Waals surface area contributed by atoms with Crippen molar-refractivity contribution in [2.45, 2.75) is 19.3 Å². The first kappa shape index (κ1) is 32.0. The fraction of sp³-hybridized carbons (Fsp3) is 0.0566. The monoisotopic (exact) mass is 689 g/mol. The van der Waals surface area contributed by atoms with Crippen LogP contribution in [0.1, 0.15) is 25.0 Å². The van der Waals surface area contributed by atoms with E-state index in [1.165, 1.54) is 77.2 Å². The fourth-order valence-corrected chi connectivity index (χ4v) is 8.83. The molecule has 0 saturated heterocycles. The molecule has 0 saturated carbocycles. The van der Waals surface area contributed by atoms with Crippen LogP contribution >= 0.6 is 0 Å². The van der Waals surface area contributed by atoms with Gasteiger partial charge in [0.1, 0.15) is 0 Å². The zero-order valence-corrected chi connectivity index (χ0v) is 30.5. The zero-order chi connectivity index (χ0) is 36.2. The SMILES string of the molecule is CC1(C)c2c(-c3ccccc3)cccc2-c2c(-c3ccc(N(c4ccc(-c5ccccc5)cc4)c4ccc5ccccc5c4)cc3)ccc3cccc1c23. The lowest BCUT2D eigenvalue weighted by Gasteiger charge is -2.38. The molecule has 54 heavy (non-hydrogen) atoms. The third-order valence-electron chi connectivity index (χ3n) is 11.4. The molecule has 0 heterocycles. The van der Waals surface area contributed by atoms with Gasteiger partial charge in [-0.05, 0) is 114 Å². The van der Waals surface area contributed by atoms with Crippen LogP contribution in [-0.4, -0.2) is 0 Å². The molecule has 0 unspecified atom stereocenters. The Morgan fingerprint density at radius 2 is 0.870 bits per heavy atom. The van der Waals surface area contributed by atoms with E-state index in [0.717, 1.165) is 17.1 Å². The quantitative estimate of drug-likeness (QED) is 0.168. The maximum atomic E-state index is 2.39. The molecule has 256 valence electrons. The van der Waals surface area contributed by atoms with Crippen molar-refractivity contribution in [3.63, 3.8) is 0 Å². The lowest BCUT2D eigenvalue weighted by molar-refractivity contribution is 0.647. The van der Waals surface area contributed by atoms with Gasteiger partial charge in [-0.1, -0.05) is 178 Å². The lowest BCUT2D eigenvalue weighted by atomic mass is 9.65. The van der Waals surface area contributed by atoms with Crippen molar-refractivity contribution >= 4 is 38.6 Å². The van der Waals surface area contributed by atoms with Crippen molar-refractivity contribution in [3.8, 4) is 44.5 Å². The van der Waals surface area contributed by atoms with E-state index in [0.29, 0.717) is 0 Å². The summed E-state index contributed by atoms with van der Waals surface area (Å²) in [5, 5.41) is 5.10. The fourth-order valence-electron chi connectivity index (χ4n) is 8.83. The van der Waals surface area contributed by atoms with Crippen molar-refractivity contribution in [2.24, 2.45) is 0 Å². The second kappa shape index (κ2) is 12.8. The maximum absolute atomic E-state index is 2.39. The van der Waals surface area contributed by atoms with Crippen LogP contribution in [0.25, 0.3) is 66.1 Å². The van der Waals surface area contributed by atoms with E-state index in [-0.39, 0.29) is 5.41 Å². The maximum Gasteiger partial charge on any atom is 0.0468 e. The van der Waals surface area contributed by atoms with E-state index in [4.69, 9.17) is 0 Å². The van der Waals surface area contributed by atoms with E-state index < -0.39 is 0 Å². The molecule has 1 aliphatic carbocycles. The van der Waals surface area contributed by atoms with Gasteiger partial charge in [-0.15, -0.1) is 0 Å². The summed E-state index contributed by atoms with van der Waals surface area (Å²) in [6.45, 7) is 4.79. The highest BCUT2D eigenvalue weighted by Gasteiger charge is 2.36. The van der Waals surface area contributed by atoms with Crippen LogP contribution < -0.4 is 4.90 Å². The minimum absolute atomic E-state index is 0.173. The summed E-state index contributed by atoms with van der Waals surface area (Å²) in [5.74, 6) is 0. The van der Waals surface area contributed by atoms with Crippen molar-refractivity contribution in [3.05, 3.63) is 211 Å². The van der Waals surface area contributed by atoms with Crippen molar-refractivity contribution in [2.75, 3.05) is 4.90 Å². The first-order valence-electron chi connectivity index (χ1n) is 18.8. The van der Waals surface area contributed by atoms with Crippen LogP contribution in [0.2, 0.25) is 0 Å². The van der Waals surface area contributed by atoms with Crippen molar-refractivity contribution < 1.29 is 0 Å². The van der Waals surface area contributed by atoms with Crippen molar-refractivity contribution in [1.82, 2.24) is 0 Å². The molecule has 0 N–H and O–H groups in total. The van der Waals surface area contributed by atoms with E-state index in [1.807, 2.05) is 0 Å². The Hall–Kier alpha value is -6.70. The number of nitrogens with zero attached hydrogens (tertiary/aromatic N) is 1. The molecule has 1 heteroatoms. The van der Waals surface area contributed by atoms with Gasteiger partial charge in [0, 0.05) is 22.5 Å². The van der Waals surface area contributed by atoms with E-state index in [1.54, 1.807) is 0 Å². The number of rotatable bonds is 6. The summed E-state index contributed by atoms with van der Waals surface area (Å²) in [7, 11) is 0. The Morgan fingerprint density at radius 1 is 0.352 bits per heavy atom. The molecule has 10 rings (SSSR count). The predicted molar refractivity (Wildman–Crippen MR) is 230 cm³/mol. The van der Waals surface area contributed by atoms with Gasteiger partial charge < -0.3 is 4.90 Å². The highest BCUT2D eigenvalue weighted by Crippen LogP contribution is 2.54. The minimum Gasteiger partial charge on any atom is -0.310 e. The molecule has 1 aliphatic rings. The molecule has 0 atom stereocenters. The van der Waals surface area contributed by atoms with Gasteiger partial charge in [0.2, 0.25) is 0 Å². The van der Waals surface area contributed by atoms with Crippen molar-refractivity contribution in [1.29, 1.82) is 0 Å². The molecule has 9 aromatic rings. The molecule has 0 amide bonds. The number of fused-ring (bicyclic) bond motifs is 3. The second-order valence-electron chi connectivity index (χ2n) is 14.9. The molecule has 0 fully saturated rings. The summed E-state index contributed by atoms with van der Waals surface area (Å²) in [4.78, 5) is 2.37. The average Bonchev–Trinajstić information content (AvgIpc) is 3.23. The Kier molecular flexibility index (Phi) is 7.56. The van der Waals surface area contributed by atoms with Crippen LogP contribution in [0.3, 0.4) is 0 Å². The summed E-state index contributed by atoms with van der Waals surface area (Å²) >= 11 is 0. The van der Waals surface area contributed by atoms with Crippen LogP contribution in [-0.2, 0) is 5.41 Å². The molecule has 0 spiro atoms. The topological polar surface area (TPSA) is 3.24 Å². The zero-order valence-electron chi connectivity index (χ0n) is 30.5. The number of hydrogen-bond donors (Lipinski definition) is 0. The Labute approximate surface area is 317 Å². The number of hydrogen-bond acceptors (Lipinski definition) is 1. The van der Waals surface area contributed by atoms with E-state index in [2.05, 4.69) is 219 Å². The van der Waals surface area contributed by atoms with Gasteiger partial charge in [-0.3, -0.25) is 0 Å². The standard InChI is InChI=1S/C53H39N/c1-53(2)49-22-11-19-41-28-34-46(51(50(41)49)48-21-12-20-47(52(48)53)39-16-7-4-8-17-39)40-26-31-44(32-27-40)54(45-33-25-37-15-9-10-18-42(37)35-45)43-29-23-38(24-30-43)36-13-5-3-6-14-36/h3-35H,1-2H3. The summed E-state index contributed by atoms with van der Waals surface area (Å²) in [6.07, 6.45) is 0. The van der Waals surface area contributed by atoms with Gasteiger partial charge in [0.05, 0.1) is 0 Å². The largest absolute Gasteiger partial charge is 0.310 e. The van der Waals surface area contributed by atoms with Crippen LogP contribution in [0.5, 0.6) is 0 Å². The highest BCUT2D eigenvalue weighted by atomic mass is 15.1. The summed E-state index contributed by atoms with van der Waals surface area (Å²) < 4.78 is 0. The third-order valence-corrected chi connectivity index (χ3v) is 11.4. The Balaban J connectivity index is 1.13. The lowest BCUT2D eigenvalue weighted by Crippen LogP contribution is -2.25.